The summed E-state index contributed by atoms with van der Waals surface area (Å²) in [6, 6.07) is 7.93. The van der Waals surface area contributed by atoms with Crippen LogP contribution in [-0.4, -0.2) is 59.2 Å². The minimum absolute atomic E-state index is 0.0578. The van der Waals surface area contributed by atoms with Crippen molar-refractivity contribution in [3.05, 3.63) is 42.2 Å². The van der Waals surface area contributed by atoms with Crippen molar-refractivity contribution in [3.63, 3.8) is 0 Å². The van der Waals surface area contributed by atoms with Gasteiger partial charge in [0.25, 0.3) is 5.91 Å². The van der Waals surface area contributed by atoms with Gasteiger partial charge in [-0.05, 0) is 43.6 Å². The number of amides is 2. The Kier molecular flexibility index (Phi) is 6.24. The number of likely N-dealkylation sites (N-methyl/N-ethyl adjacent to an activating group) is 2. The smallest absolute Gasteiger partial charge is 0.251 e. The molecule has 1 aliphatic rings. The van der Waals surface area contributed by atoms with E-state index in [1.807, 2.05) is 30.5 Å². The number of benzene rings is 1. The van der Waals surface area contributed by atoms with Crippen molar-refractivity contribution in [3.8, 4) is 11.1 Å². The maximum Gasteiger partial charge on any atom is 0.251 e. The van der Waals surface area contributed by atoms with E-state index < -0.39 is 0 Å². The van der Waals surface area contributed by atoms with Gasteiger partial charge in [0.2, 0.25) is 5.91 Å². The zero-order valence-electron chi connectivity index (χ0n) is 15.9. The molecule has 2 N–H and O–H groups in total. The standard InChI is InChI=1S/C20H27N5O2/c1-3-24-9-5-8-18(24)12-22-20(27)16-7-4-6-15(10-16)17-11-23-25(13-17)14-19(26)21-2/h4,6-7,10-11,13,18H,3,5,8-9,12,14H2,1-2H3,(H,21,26)(H,22,27)/t18-/m1/s1. The van der Waals surface area contributed by atoms with Crippen LogP contribution in [-0.2, 0) is 11.3 Å². The number of hydrogen-bond acceptors (Lipinski definition) is 4. The highest BCUT2D eigenvalue weighted by molar-refractivity contribution is 5.95. The van der Waals surface area contributed by atoms with Crippen molar-refractivity contribution >= 4 is 11.8 Å². The molecule has 0 bridgehead atoms. The first-order valence-corrected chi connectivity index (χ1v) is 9.46. The molecule has 0 radical (unpaired) electrons. The number of rotatable bonds is 7. The van der Waals surface area contributed by atoms with Crippen LogP contribution in [0.15, 0.2) is 36.7 Å². The van der Waals surface area contributed by atoms with E-state index in [1.165, 1.54) is 6.42 Å². The van der Waals surface area contributed by atoms with Gasteiger partial charge in [-0.3, -0.25) is 19.2 Å². The topological polar surface area (TPSA) is 79.3 Å². The van der Waals surface area contributed by atoms with Crippen LogP contribution >= 0.6 is 0 Å². The second kappa shape index (κ2) is 8.81. The van der Waals surface area contributed by atoms with Crippen LogP contribution in [0.1, 0.15) is 30.1 Å². The molecule has 1 atom stereocenters. The third-order valence-corrected chi connectivity index (χ3v) is 5.08. The highest BCUT2D eigenvalue weighted by atomic mass is 16.2. The molecule has 1 aliphatic heterocycles. The molecular weight excluding hydrogens is 342 g/mol. The molecule has 2 heterocycles. The van der Waals surface area contributed by atoms with E-state index in [1.54, 1.807) is 17.9 Å². The quantitative estimate of drug-likeness (QED) is 0.775. The lowest BCUT2D eigenvalue weighted by Gasteiger charge is -2.22. The van der Waals surface area contributed by atoms with Crippen LogP contribution in [0.2, 0.25) is 0 Å². The van der Waals surface area contributed by atoms with Gasteiger partial charge in [0.15, 0.2) is 0 Å². The van der Waals surface area contributed by atoms with Crippen molar-refractivity contribution < 1.29 is 9.59 Å². The van der Waals surface area contributed by atoms with E-state index in [-0.39, 0.29) is 18.4 Å². The van der Waals surface area contributed by atoms with Crippen molar-refractivity contribution in [2.75, 3.05) is 26.7 Å². The third-order valence-electron chi connectivity index (χ3n) is 5.08. The molecule has 1 saturated heterocycles. The van der Waals surface area contributed by atoms with Gasteiger partial charge in [-0.15, -0.1) is 0 Å². The predicted molar refractivity (Wildman–Crippen MR) is 104 cm³/mol. The van der Waals surface area contributed by atoms with Crippen molar-refractivity contribution in [2.24, 2.45) is 0 Å². The molecule has 3 rings (SSSR count). The Labute approximate surface area is 159 Å². The summed E-state index contributed by atoms with van der Waals surface area (Å²) in [5.74, 6) is -0.164. The summed E-state index contributed by atoms with van der Waals surface area (Å²) < 4.78 is 1.58. The van der Waals surface area contributed by atoms with E-state index in [0.717, 1.165) is 30.6 Å². The summed E-state index contributed by atoms with van der Waals surface area (Å²) >= 11 is 0. The molecule has 144 valence electrons. The van der Waals surface area contributed by atoms with Crippen molar-refractivity contribution in [1.29, 1.82) is 0 Å². The monoisotopic (exact) mass is 369 g/mol. The van der Waals surface area contributed by atoms with Gasteiger partial charge in [-0.1, -0.05) is 19.1 Å². The van der Waals surface area contributed by atoms with Gasteiger partial charge in [0.1, 0.15) is 6.54 Å². The number of likely N-dealkylation sites (tertiary alicyclic amines) is 1. The first kappa shape index (κ1) is 19.1. The SMILES string of the molecule is CCN1CCC[C@@H]1CNC(=O)c1cccc(-c2cnn(CC(=O)NC)c2)c1. The number of aromatic nitrogens is 2. The van der Waals surface area contributed by atoms with E-state index in [4.69, 9.17) is 0 Å². The second-order valence-electron chi connectivity index (χ2n) is 6.82. The maximum atomic E-state index is 12.6. The second-order valence-corrected chi connectivity index (χ2v) is 6.82. The fourth-order valence-corrected chi connectivity index (χ4v) is 3.52. The zero-order valence-corrected chi connectivity index (χ0v) is 15.9. The number of nitrogens with zero attached hydrogens (tertiary/aromatic N) is 3. The van der Waals surface area contributed by atoms with Crippen molar-refractivity contribution in [1.82, 2.24) is 25.3 Å². The summed E-state index contributed by atoms with van der Waals surface area (Å²) in [4.78, 5) is 26.4. The molecule has 1 aromatic carbocycles. The first-order valence-electron chi connectivity index (χ1n) is 9.46. The number of nitrogens with one attached hydrogen (secondary N) is 2. The zero-order chi connectivity index (χ0) is 19.2. The lowest BCUT2D eigenvalue weighted by Crippen LogP contribution is -2.40. The van der Waals surface area contributed by atoms with Crippen molar-refractivity contribution in [2.45, 2.75) is 32.4 Å². The summed E-state index contributed by atoms with van der Waals surface area (Å²) in [7, 11) is 1.60. The van der Waals surface area contributed by atoms with E-state index in [2.05, 4.69) is 27.6 Å². The van der Waals surface area contributed by atoms with Gasteiger partial charge in [-0.2, -0.15) is 5.10 Å². The molecule has 1 aromatic heterocycles. The molecular formula is C20H27N5O2. The molecule has 0 spiro atoms. The van der Waals surface area contributed by atoms with Gasteiger partial charge < -0.3 is 10.6 Å². The molecule has 2 aromatic rings. The molecule has 0 saturated carbocycles. The lowest BCUT2D eigenvalue weighted by molar-refractivity contribution is -0.121. The number of hydrogen-bond donors (Lipinski definition) is 2. The summed E-state index contributed by atoms with van der Waals surface area (Å²) in [6.45, 7) is 5.16. The summed E-state index contributed by atoms with van der Waals surface area (Å²) in [5.41, 5.74) is 2.41. The van der Waals surface area contributed by atoms with Crippen LogP contribution in [0.25, 0.3) is 11.1 Å². The van der Waals surface area contributed by atoms with Crippen LogP contribution in [0, 0.1) is 0 Å². The fraction of sp³-hybridized carbons (Fsp3) is 0.450. The van der Waals surface area contributed by atoms with E-state index >= 15 is 0 Å². The Morgan fingerprint density at radius 3 is 2.93 bits per heavy atom. The Bertz CT molecular complexity index is 801. The normalized spacial score (nSPS) is 17.0. The highest BCUT2D eigenvalue weighted by Gasteiger charge is 2.23. The summed E-state index contributed by atoms with van der Waals surface area (Å²) in [5, 5.41) is 9.85. The largest absolute Gasteiger partial charge is 0.358 e. The highest BCUT2D eigenvalue weighted by Crippen LogP contribution is 2.20. The van der Waals surface area contributed by atoms with E-state index in [0.29, 0.717) is 18.2 Å². The third kappa shape index (κ3) is 4.74. The molecule has 0 unspecified atom stereocenters. The van der Waals surface area contributed by atoms with Crippen LogP contribution in [0.3, 0.4) is 0 Å². The molecule has 7 heteroatoms. The molecule has 27 heavy (non-hydrogen) atoms. The minimum Gasteiger partial charge on any atom is -0.358 e. The molecule has 1 fully saturated rings. The van der Waals surface area contributed by atoms with Gasteiger partial charge in [0, 0.05) is 37.0 Å². The molecule has 7 nitrogen and oxygen atoms in total. The number of carbonyl (C=O) groups excluding carboxylic acids is 2. The van der Waals surface area contributed by atoms with Crippen LogP contribution in [0.4, 0.5) is 0 Å². The molecule has 2 amide bonds. The average molecular weight is 369 g/mol. The number of carbonyl (C=O) groups is 2. The van der Waals surface area contributed by atoms with Gasteiger partial charge >= 0.3 is 0 Å². The Morgan fingerprint density at radius 1 is 1.30 bits per heavy atom. The summed E-state index contributed by atoms with van der Waals surface area (Å²) in [6.07, 6.45) is 5.85. The van der Waals surface area contributed by atoms with E-state index in [9.17, 15) is 9.59 Å². The van der Waals surface area contributed by atoms with Gasteiger partial charge in [-0.25, -0.2) is 0 Å². The Balaban J connectivity index is 1.64. The predicted octanol–water partition coefficient (Wildman–Crippen LogP) is 1.51. The maximum absolute atomic E-state index is 12.6. The van der Waals surface area contributed by atoms with Gasteiger partial charge in [0.05, 0.1) is 6.20 Å². The first-order chi connectivity index (χ1) is 13.1. The van der Waals surface area contributed by atoms with Crippen LogP contribution < -0.4 is 10.6 Å². The average Bonchev–Trinajstić information content (AvgIpc) is 3.35. The fourth-order valence-electron chi connectivity index (χ4n) is 3.52. The minimum atomic E-state index is -0.106. The Hall–Kier alpha value is -2.67. The Morgan fingerprint density at radius 2 is 2.15 bits per heavy atom. The van der Waals surface area contributed by atoms with Crippen LogP contribution in [0.5, 0.6) is 0 Å². The lowest BCUT2D eigenvalue weighted by atomic mass is 10.1. The molecule has 0 aliphatic carbocycles.